The highest BCUT2D eigenvalue weighted by Crippen LogP contribution is 2.24. The van der Waals surface area contributed by atoms with Crippen LogP contribution >= 0.6 is 0 Å². The molecule has 15 heavy (non-hydrogen) atoms. The van der Waals surface area contributed by atoms with Crippen LogP contribution in [0.3, 0.4) is 0 Å². The van der Waals surface area contributed by atoms with Crippen LogP contribution < -0.4 is 0 Å². The van der Waals surface area contributed by atoms with Crippen LogP contribution in [0.4, 0.5) is 13.2 Å². The highest BCUT2D eigenvalue weighted by Gasteiger charge is 2.28. The van der Waals surface area contributed by atoms with Crippen molar-refractivity contribution in [3.63, 3.8) is 0 Å². The van der Waals surface area contributed by atoms with E-state index >= 15 is 0 Å². The van der Waals surface area contributed by atoms with Crippen molar-refractivity contribution in [2.24, 2.45) is 0 Å². The minimum atomic E-state index is -4.17. The quantitative estimate of drug-likeness (QED) is 0.683. The average molecular weight is 213 g/mol. The molecule has 0 unspecified atom stereocenters. The van der Waals surface area contributed by atoms with Crippen LogP contribution in [-0.4, -0.2) is 10.7 Å². The lowest BCUT2D eigenvalue weighted by molar-refractivity contribution is -0.140. The lowest BCUT2D eigenvalue weighted by atomic mass is 10.2. The average Bonchev–Trinajstić information content (AvgIpc) is 2.41. The summed E-state index contributed by atoms with van der Waals surface area (Å²) < 4.78 is 38.2. The maximum absolute atomic E-state index is 12.3. The maximum atomic E-state index is 12.3. The highest BCUT2D eigenvalue weighted by atomic mass is 19.4. The molecule has 1 aromatic carbocycles. The van der Waals surface area contributed by atoms with Gasteiger partial charge in [0.15, 0.2) is 0 Å². The number of nitrogens with zero attached hydrogens (tertiary/aromatic N) is 1. The summed E-state index contributed by atoms with van der Waals surface area (Å²) in [4.78, 5) is 0. The van der Waals surface area contributed by atoms with Gasteiger partial charge in [-0.15, -0.1) is 0 Å². The second kappa shape index (κ2) is 3.29. The Balaban J connectivity index is 2.54. The number of benzene rings is 1. The number of hydrogen-bond acceptors (Lipinski definition) is 0. The minimum absolute atomic E-state index is 0.632. The van der Waals surface area contributed by atoms with Gasteiger partial charge in [0.05, 0.1) is 0 Å². The fourth-order valence-corrected chi connectivity index (χ4v) is 1.74. The van der Waals surface area contributed by atoms with Crippen molar-refractivity contribution in [2.75, 3.05) is 0 Å². The number of halogens is 3. The summed E-state index contributed by atoms with van der Waals surface area (Å²) in [6.07, 6.45) is -4.17. The number of rotatable bonds is 1. The first kappa shape index (κ1) is 10.1. The number of aryl methyl sites for hydroxylation is 1. The lowest BCUT2D eigenvalue weighted by Crippen LogP contribution is -2.18. The fourth-order valence-electron chi connectivity index (χ4n) is 1.74. The van der Waals surface area contributed by atoms with Gasteiger partial charge in [-0.3, -0.25) is 0 Å². The molecule has 0 aliphatic carbocycles. The van der Waals surface area contributed by atoms with Crippen LogP contribution in [0.2, 0.25) is 0 Å². The third-order valence-corrected chi connectivity index (χ3v) is 2.36. The molecule has 0 fully saturated rings. The molecule has 0 saturated carbocycles. The molecule has 1 aromatic heterocycles. The van der Waals surface area contributed by atoms with Gasteiger partial charge in [0.25, 0.3) is 0 Å². The van der Waals surface area contributed by atoms with Gasteiger partial charge < -0.3 is 4.57 Å². The highest BCUT2D eigenvalue weighted by molar-refractivity contribution is 5.81. The maximum Gasteiger partial charge on any atom is 0.406 e. The SMILES string of the molecule is Cc1cc2ccccc2n1CC(F)(F)F. The predicted octanol–water partition coefficient (Wildman–Crippen LogP) is 3.51. The molecule has 1 nitrogen and oxygen atoms in total. The van der Waals surface area contributed by atoms with Gasteiger partial charge in [0.1, 0.15) is 6.54 Å². The first-order valence-corrected chi connectivity index (χ1v) is 4.59. The number of hydrogen-bond donors (Lipinski definition) is 0. The summed E-state index contributed by atoms with van der Waals surface area (Å²) in [5.74, 6) is 0. The Hall–Kier alpha value is -1.45. The fraction of sp³-hybridized carbons (Fsp3) is 0.273. The topological polar surface area (TPSA) is 4.93 Å². The van der Waals surface area contributed by atoms with Crippen LogP contribution in [0.5, 0.6) is 0 Å². The van der Waals surface area contributed by atoms with Crippen molar-refractivity contribution in [1.29, 1.82) is 0 Å². The summed E-state index contributed by atoms with van der Waals surface area (Å²) in [5.41, 5.74) is 1.26. The zero-order valence-electron chi connectivity index (χ0n) is 8.17. The molecule has 0 amide bonds. The van der Waals surface area contributed by atoms with Gasteiger partial charge >= 0.3 is 6.18 Å². The van der Waals surface area contributed by atoms with Crippen LogP contribution in [-0.2, 0) is 6.54 Å². The zero-order valence-corrected chi connectivity index (χ0v) is 8.17. The molecule has 0 N–H and O–H groups in total. The van der Waals surface area contributed by atoms with Gasteiger partial charge in [0, 0.05) is 11.2 Å². The molecule has 80 valence electrons. The Morgan fingerprint density at radius 3 is 2.53 bits per heavy atom. The van der Waals surface area contributed by atoms with Crippen molar-refractivity contribution in [1.82, 2.24) is 4.57 Å². The van der Waals surface area contributed by atoms with E-state index < -0.39 is 12.7 Å². The summed E-state index contributed by atoms with van der Waals surface area (Å²) in [6, 6.07) is 8.85. The molecular weight excluding hydrogens is 203 g/mol. The zero-order chi connectivity index (χ0) is 11.1. The van der Waals surface area contributed by atoms with Gasteiger partial charge in [0.2, 0.25) is 0 Å². The van der Waals surface area contributed by atoms with Crippen molar-refractivity contribution in [3.8, 4) is 0 Å². The second-order valence-corrected chi connectivity index (χ2v) is 3.55. The van der Waals surface area contributed by atoms with E-state index in [1.807, 2.05) is 12.1 Å². The molecule has 0 aliphatic heterocycles. The molecule has 2 aromatic rings. The van der Waals surface area contributed by atoms with E-state index in [1.165, 1.54) is 4.57 Å². The van der Waals surface area contributed by atoms with Crippen molar-refractivity contribution in [2.45, 2.75) is 19.6 Å². The molecular formula is C11H10F3N. The molecule has 0 aliphatic rings. The first-order valence-electron chi connectivity index (χ1n) is 4.59. The molecule has 4 heteroatoms. The van der Waals surface area contributed by atoms with Gasteiger partial charge in [-0.05, 0) is 24.4 Å². The van der Waals surface area contributed by atoms with Crippen LogP contribution in [0.15, 0.2) is 30.3 Å². The molecule has 0 spiro atoms. The summed E-state index contributed by atoms with van der Waals surface area (Å²) in [6.45, 7) is 0.762. The van der Waals surface area contributed by atoms with E-state index in [9.17, 15) is 13.2 Å². The van der Waals surface area contributed by atoms with Gasteiger partial charge in [-0.1, -0.05) is 18.2 Å². The molecule has 0 bridgehead atoms. The van der Waals surface area contributed by atoms with E-state index in [1.54, 1.807) is 25.1 Å². The number of para-hydroxylation sites is 1. The van der Waals surface area contributed by atoms with E-state index in [0.29, 0.717) is 11.2 Å². The summed E-state index contributed by atoms with van der Waals surface area (Å²) >= 11 is 0. The largest absolute Gasteiger partial charge is 0.406 e. The third-order valence-electron chi connectivity index (χ3n) is 2.36. The molecule has 2 rings (SSSR count). The molecule has 0 saturated heterocycles. The molecule has 0 atom stereocenters. The summed E-state index contributed by atoms with van der Waals surface area (Å²) in [7, 11) is 0. The number of fused-ring (bicyclic) bond motifs is 1. The van der Waals surface area contributed by atoms with Crippen molar-refractivity contribution >= 4 is 10.9 Å². The van der Waals surface area contributed by atoms with Crippen LogP contribution in [0.25, 0.3) is 10.9 Å². The Morgan fingerprint density at radius 1 is 1.20 bits per heavy atom. The number of aromatic nitrogens is 1. The monoisotopic (exact) mass is 213 g/mol. The standard InChI is InChI=1S/C11H10F3N/c1-8-6-9-4-2-3-5-10(9)15(8)7-11(12,13)14/h2-6H,7H2,1H3. The lowest BCUT2D eigenvalue weighted by Gasteiger charge is -2.11. The summed E-state index contributed by atoms with van der Waals surface area (Å²) in [5, 5.41) is 0.847. The van der Waals surface area contributed by atoms with Crippen LogP contribution in [0.1, 0.15) is 5.69 Å². The Bertz CT molecular complexity index is 482. The molecule has 1 heterocycles. The second-order valence-electron chi connectivity index (χ2n) is 3.55. The first-order chi connectivity index (χ1) is 6.97. The van der Waals surface area contributed by atoms with Crippen LogP contribution in [0, 0.1) is 6.92 Å². The van der Waals surface area contributed by atoms with Gasteiger partial charge in [-0.25, -0.2) is 0 Å². The smallest absolute Gasteiger partial charge is 0.336 e. The normalized spacial score (nSPS) is 12.3. The van der Waals surface area contributed by atoms with Crippen molar-refractivity contribution < 1.29 is 13.2 Å². The Kier molecular flexibility index (Phi) is 2.21. The van der Waals surface area contributed by atoms with Gasteiger partial charge in [-0.2, -0.15) is 13.2 Å². The Labute approximate surface area is 85.1 Å². The van der Waals surface area contributed by atoms with E-state index in [-0.39, 0.29) is 0 Å². The van der Waals surface area contributed by atoms with E-state index in [0.717, 1.165) is 5.39 Å². The number of alkyl halides is 3. The predicted molar refractivity (Wildman–Crippen MR) is 52.7 cm³/mol. The minimum Gasteiger partial charge on any atom is -0.336 e. The molecule has 0 radical (unpaired) electrons. The Morgan fingerprint density at radius 2 is 1.87 bits per heavy atom. The van der Waals surface area contributed by atoms with E-state index in [2.05, 4.69) is 0 Å². The van der Waals surface area contributed by atoms with Crippen molar-refractivity contribution in [3.05, 3.63) is 36.0 Å². The third kappa shape index (κ3) is 1.98. The van der Waals surface area contributed by atoms with E-state index in [4.69, 9.17) is 0 Å².